The zero-order valence-corrected chi connectivity index (χ0v) is 13.9. The van der Waals surface area contributed by atoms with Crippen LogP contribution in [0.4, 0.5) is 0 Å². The van der Waals surface area contributed by atoms with Crippen LogP contribution in [0.1, 0.15) is 22.8 Å². The zero-order valence-electron chi connectivity index (χ0n) is 13.9. The van der Waals surface area contributed by atoms with Crippen LogP contribution in [0, 0.1) is 0 Å². The number of carbonyl (C=O) groups is 2. The van der Waals surface area contributed by atoms with E-state index in [-0.39, 0.29) is 12.4 Å². The Morgan fingerprint density at radius 1 is 1.00 bits per heavy atom. The molecule has 5 heteroatoms. The van der Waals surface area contributed by atoms with Crippen molar-refractivity contribution in [2.24, 2.45) is 0 Å². The minimum Gasteiger partial charge on any atom is -0.454 e. The van der Waals surface area contributed by atoms with Gasteiger partial charge in [-0.05, 0) is 12.5 Å². The number of carbonyl (C=O) groups excluding carboxylic acids is 2. The molecule has 25 heavy (non-hydrogen) atoms. The number of esters is 1. The third kappa shape index (κ3) is 4.20. The second kappa shape index (κ2) is 7.57. The molecular weight excluding hydrogens is 316 g/mol. The van der Waals surface area contributed by atoms with E-state index in [4.69, 9.17) is 4.74 Å². The highest BCUT2D eigenvalue weighted by Crippen LogP contribution is 2.23. The third-order valence-corrected chi connectivity index (χ3v) is 3.62. The summed E-state index contributed by atoms with van der Waals surface area (Å²) in [5.74, 6) is -0.750. The summed E-state index contributed by atoms with van der Waals surface area (Å²) in [6, 6.07) is 19.3. The second-order valence-electron chi connectivity index (χ2n) is 5.72. The van der Waals surface area contributed by atoms with Crippen LogP contribution in [0.2, 0.25) is 0 Å². The summed E-state index contributed by atoms with van der Waals surface area (Å²) in [7, 11) is 0. The number of ketones is 1. The van der Waals surface area contributed by atoms with E-state index >= 15 is 0 Å². The summed E-state index contributed by atoms with van der Waals surface area (Å²) < 4.78 is 6.78. The van der Waals surface area contributed by atoms with Crippen LogP contribution in [0.5, 0.6) is 0 Å². The number of hydrogen-bond donors (Lipinski definition) is 0. The van der Waals surface area contributed by atoms with Gasteiger partial charge < -0.3 is 4.74 Å². The molecule has 0 unspecified atom stereocenters. The van der Waals surface area contributed by atoms with Crippen molar-refractivity contribution in [2.45, 2.75) is 13.5 Å². The first kappa shape index (κ1) is 16.6. The average Bonchev–Trinajstić information content (AvgIpc) is 3.05. The van der Waals surface area contributed by atoms with E-state index in [0.29, 0.717) is 17.8 Å². The zero-order chi connectivity index (χ0) is 17.6. The molecule has 0 aliphatic carbocycles. The van der Waals surface area contributed by atoms with Gasteiger partial charge in [0.05, 0.1) is 6.54 Å². The molecule has 3 aromatic rings. The maximum Gasteiger partial charge on any atom is 0.342 e. The largest absolute Gasteiger partial charge is 0.454 e. The highest BCUT2D eigenvalue weighted by atomic mass is 16.5. The van der Waals surface area contributed by atoms with Crippen LogP contribution < -0.4 is 0 Å². The van der Waals surface area contributed by atoms with Crippen molar-refractivity contribution in [2.75, 3.05) is 6.61 Å². The Morgan fingerprint density at radius 2 is 1.64 bits per heavy atom. The summed E-state index contributed by atoms with van der Waals surface area (Å²) in [4.78, 5) is 23.5. The molecule has 5 nitrogen and oxygen atoms in total. The molecule has 0 spiro atoms. The van der Waals surface area contributed by atoms with Crippen molar-refractivity contribution in [1.29, 1.82) is 0 Å². The third-order valence-electron chi connectivity index (χ3n) is 3.62. The Morgan fingerprint density at radius 3 is 2.28 bits per heavy atom. The van der Waals surface area contributed by atoms with Crippen LogP contribution in [0.25, 0.3) is 11.3 Å². The van der Waals surface area contributed by atoms with Crippen molar-refractivity contribution < 1.29 is 14.3 Å². The molecule has 1 aromatic heterocycles. The minimum absolute atomic E-state index is 0.203. The van der Waals surface area contributed by atoms with E-state index in [9.17, 15) is 9.59 Å². The van der Waals surface area contributed by atoms with Crippen LogP contribution in [0.3, 0.4) is 0 Å². The van der Waals surface area contributed by atoms with Crippen molar-refractivity contribution in [3.63, 3.8) is 0 Å². The Balaban J connectivity index is 1.94. The smallest absolute Gasteiger partial charge is 0.342 e. The lowest BCUT2D eigenvalue weighted by molar-refractivity contribution is -0.120. The van der Waals surface area contributed by atoms with Gasteiger partial charge in [0.2, 0.25) is 0 Å². The Kier molecular flexibility index (Phi) is 5.04. The highest BCUT2D eigenvalue weighted by Gasteiger charge is 2.19. The van der Waals surface area contributed by atoms with Gasteiger partial charge in [-0.3, -0.25) is 9.48 Å². The Labute approximate surface area is 145 Å². The van der Waals surface area contributed by atoms with Gasteiger partial charge in [-0.2, -0.15) is 5.10 Å². The number of benzene rings is 2. The number of ether oxygens (including phenoxy) is 1. The molecule has 0 amide bonds. The Hall–Kier alpha value is -3.21. The number of aromatic nitrogens is 2. The molecule has 2 aromatic carbocycles. The SMILES string of the molecule is CC(=O)COC(=O)c1cn(Cc2ccccc2)nc1-c1ccccc1. The fourth-order valence-corrected chi connectivity index (χ4v) is 2.48. The van der Waals surface area contributed by atoms with Gasteiger partial charge in [-0.15, -0.1) is 0 Å². The van der Waals surface area contributed by atoms with Crippen LogP contribution in [-0.4, -0.2) is 28.1 Å². The van der Waals surface area contributed by atoms with Gasteiger partial charge in [-0.25, -0.2) is 4.79 Å². The predicted molar refractivity (Wildman–Crippen MR) is 94.2 cm³/mol. The summed E-state index contributed by atoms with van der Waals surface area (Å²) in [5.41, 5.74) is 2.80. The first-order valence-corrected chi connectivity index (χ1v) is 7.97. The molecule has 1 heterocycles. The van der Waals surface area contributed by atoms with E-state index in [2.05, 4.69) is 5.10 Å². The van der Waals surface area contributed by atoms with Crippen molar-refractivity contribution in [1.82, 2.24) is 9.78 Å². The molecule has 0 aliphatic rings. The van der Waals surface area contributed by atoms with E-state index in [0.717, 1.165) is 11.1 Å². The van der Waals surface area contributed by atoms with Gasteiger partial charge in [0.15, 0.2) is 5.78 Å². The molecule has 126 valence electrons. The summed E-state index contributed by atoms with van der Waals surface area (Å²) in [6.45, 7) is 1.68. The van der Waals surface area contributed by atoms with Crippen LogP contribution in [-0.2, 0) is 16.1 Å². The minimum atomic E-state index is -0.548. The van der Waals surface area contributed by atoms with E-state index in [1.165, 1.54) is 6.92 Å². The van der Waals surface area contributed by atoms with Crippen molar-refractivity contribution >= 4 is 11.8 Å². The highest BCUT2D eigenvalue weighted by molar-refractivity contribution is 5.97. The summed E-state index contributed by atoms with van der Waals surface area (Å²) >= 11 is 0. The second-order valence-corrected chi connectivity index (χ2v) is 5.72. The molecule has 0 saturated heterocycles. The summed E-state index contributed by atoms with van der Waals surface area (Å²) in [5, 5.41) is 4.55. The van der Waals surface area contributed by atoms with Gasteiger partial charge in [0, 0.05) is 11.8 Å². The summed E-state index contributed by atoms with van der Waals surface area (Å²) in [6.07, 6.45) is 1.66. The predicted octanol–water partition coefficient (Wildman–Crippen LogP) is 3.34. The molecule has 0 radical (unpaired) electrons. The monoisotopic (exact) mass is 334 g/mol. The number of Topliss-reactive ketones (excluding diaryl/α,β-unsaturated/α-hetero) is 1. The van der Waals surface area contributed by atoms with Crippen molar-refractivity contribution in [3.05, 3.63) is 78.0 Å². The molecule has 0 fully saturated rings. The number of rotatable bonds is 6. The van der Waals surface area contributed by atoms with Gasteiger partial charge >= 0.3 is 5.97 Å². The molecule has 0 saturated carbocycles. The standard InChI is InChI=1S/C20H18N2O3/c1-15(23)14-25-20(24)18-13-22(12-16-8-4-2-5-9-16)21-19(18)17-10-6-3-7-11-17/h2-11,13H,12,14H2,1H3. The lowest BCUT2D eigenvalue weighted by Crippen LogP contribution is -2.11. The quantitative estimate of drug-likeness (QED) is 0.649. The lowest BCUT2D eigenvalue weighted by atomic mass is 10.1. The van der Waals surface area contributed by atoms with Gasteiger partial charge in [-0.1, -0.05) is 60.7 Å². The fourth-order valence-electron chi connectivity index (χ4n) is 2.48. The average molecular weight is 334 g/mol. The fraction of sp³-hybridized carbons (Fsp3) is 0.150. The van der Waals surface area contributed by atoms with E-state index < -0.39 is 5.97 Å². The first-order chi connectivity index (χ1) is 12.1. The van der Waals surface area contributed by atoms with Gasteiger partial charge in [0.25, 0.3) is 0 Å². The molecule has 3 rings (SSSR count). The van der Waals surface area contributed by atoms with E-state index in [1.807, 2.05) is 60.7 Å². The normalized spacial score (nSPS) is 10.4. The molecule has 0 atom stereocenters. The Bertz CT molecular complexity index is 870. The van der Waals surface area contributed by atoms with Crippen LogP contribution in [0.15, 0.2) is 66.9 Å². The molecule has 0 aliphatic heterocycles. The topological polar surface area (TPSA) is 61.2 Å². The van der Waals surface area contributed by atoms with E-state index in [1.54, 1.807) is 10.9 Å². The first-order valence-electron chi connectivity index (χ1n) is 7.97. The van der Waals surface area contributed by atoms with Crippen LogP contribution >= 0.6 is 0 Å². The van der Waals surface area contributed by atoms with Crippen molar-refractivity contribution in [3.8, 4) is 11.3 Å². The number of nitrogens with zero attached hydrogens (tertiary/aromatic N) is 2. The molecule has 0 bridgehead atoms. The maximum absolute atomic E-state index is 12.4. The number of hydrogen-bond acceptors (Lipinski definition) is 4. The lowest BCUT2D eigenvalue weighted by Gasteiger charge is -2.02. The maximum atomic E-state index is 12.4. The van der Waals surface area contributed by atoms with Gasteiger partial charge in [0.1, 0.15) is 17.9 Å². The molecular formula is C20H18N2O3. The molecule has 0 N–H and O–H groups in total.